The molecule has 0 saturated carbocycles. The Morgan fingerprint density at radius 3 is 2.68 bits per heavy atom. The summed E-state index contributed by atoms with van der Waals surface area (Å²) in [6, 6.07) is 12.1. The van der Waals surface area contributed by atoms with Crippen LogP contribution in [0.1, 0.15) is 12.7 Å². The van der Waals surface area contributed by atoms with Gasteiger partial charge in [0, 0.05) is 11.6 Å². The predicted molar refractivity (Wildman–Crippen MR) is 77.4 cm³/mol. The lowest BCUT2D eigenvalue weighted by Gasteiger charge is -2.07. The summed E-state index contributed by atoms with van der Waals surface area (Å²) >= 11 is 1.70. The van der Waals surface area contributed by atoms with Crippen LogP contribution in [-0.4, -0.2) is 25.3 Å². The van der Waals surface area contributed by atoms with Crippen LogP contribution in [0.15, 0.2) is 41.6 Å². The van der Waals surface area contributed by atoms with E-state index in [4.69, 9.17) is 4.98 Å². The van der Waals surface area contributed by atoms with Crippen LogP contribution in [0.25, 0.3) is 16.9 Å². The van der Waals surface area contributed by atoms with Crippen LogP contribution in [0, 0.1) is 6.92 Å². The summed E-state index contributed by atoms with van der Waals surface area (Å²) in [5.41, 5.74) is 2.89. The fraction of sp³-hybridized carbons (Fsp3) is 0.214. The van der Waals surface area contributed by atoms with Crippen molar-refractivity contribution < 1.29 is 0 Å². The lowest BCUT2D eigenvalue weighted by molar-refractivity contribution is 0.863. The quantitative estimate of drug-likeness (QED) is 0.541. The van der Waals surface area contributed by atoms with Crippen LogP contribution in [0.4, 0.5) is 0 Å². The van der Waals surface area contributed by atoms with Crippen molar-refractivity contribution in [1.82, 2.24) is 19.6 Å². The van der Waals surface area contributed by atoms with Gasteiger partial charge in [0.25, 0.3) is 0 Å². The van der Waals surface area contributed by atoms with E-state index in [9.17, 15) is 0 Å². The highest BCUT2D eigenvalue weighted by atomic mass is 32.2. The Morgan fingerprint density at radius 2 is 1.95 bits per heavy atom. The summed E-state index contributed by atoms with van der Waals surface area (Å²) in [5.74, 6) is 1.84. The van der Waals surface area contributed by atoms with E-state index in [-0.39, 0.29) is 0 Å². The average molecular weight is 270 g/mol. The molecule has 0 amide bonds. The van der Waals surface area contributed by atoms with Gasteiger partial charge in [0.05, 0.1) is 5.69 Å². The maximum absolute atomic E-state index is 4.74. The SMILES string of the molecule is CCSc1nc(-c2ccccc2)cc2nnc(C)n12. The number of aryl methyl sites for hydroxylation is 1. The van der Waals surface area contributed by atoms with Gasteiger partial charge in [-0.3, -0.25) is 4.40 Å². The largest absolute Gasteiger partial charge is 0.257 e. The molecule has 19 heavy (non-hydrogen) atoms. The Kier molecular flexibility index (Phi) is 3.21. The standard InChI is InChI=1S/C14H14N4S/c1-3-19-14-15-12(11-7-5-4-6-8-11)9-13-17-16-10(2)18(13)14/h4-9H,3H2,1-2H3. The van der Waals surface area contributed by atoms with E-state index in [0.717, 1.165) is 33.6 Å². The molecule has 0 saturated heterocycles. The number of thioether (sulfide) groups is 1. The molecule has 96 valence electrons. The van der Waals surface area contributed by atoms with Crippen LogP contribution in [0.2, 0.25) is 0 Å². The van der Waals surface area contributed by atoms with Crippen molar-refractivity contribution in [2.24, 2.45) is 0 Å². The third-order valence-corrected chi connectivity index (χ3v) is 3.69. The lowest BCUT2D eigenvalue weighted by atomic mass is 10.1. The van der Waals surface area contributed by atoms with Gasteiger partial charge in [-0.1, -0.05) is 49.0 Å². The fourth-order valence-electron chi connectivity index (χ4n) is 2.00. The first kappa shape index (κ1) is 12.2. The number of benzene rings is 1. The Hall–Kier alpha value is -1.88. The molecule has 0 bridgehead atoms. The molecule has 3 aromatic rings. The number of rotatable bonds is 3. The molecule has 0 aliphatic carbocycles. The first-order valence-corrected chi connectivity index (χ1v) is 7.19. The van der Waals surface area contributed by atoms with Crippen LogP contribution in [0.5, 0.6) is 0 Å². The van der Waals surface area contributed by atoms with Gasteiger partial charge < -0.3 is 0 Å². The van der Waals surface area contributed by atoms with Crippen molar-refractivity contribution in [1.29, 1.82) is 0 Å². The molecule has 2 aromatic heterocycles. The minimum Gasteiger partial charge on any atom is -0.257 e. The topological polar surface area (TPSA) is 43.1 Å². The van der Waals surface area contributed by atoms with Crippen LogP contribution in [0.3, 0.4) is 0 Å². The lowest BCUT2D eigenvalue weighted by Crippen LogP contribution is -1.99. The van der Waals surface area contributed by atoms with Crippen LogP contribution < -0.4 is 0 Å². The summed E-state index contributed by atoms with van der Waals surface area (Å²) in [5, 5.41) is 9.29. The van der Waals surface area contributed by atoms with E-state index in [2.05, 4.69) is 29.3 Å². The van der Waals surface area contributed by atoms with E-state index < -0.39 is 0 Å². The molecule has 0 unspecified atom stereocenters. The Labute approximate surface area is 115 Å². The summed E-state index contributed by atoms with van der Waals surface area (Å²) in [6.45, 7) is 4.07. The zero-order chi connectivity index (χ0) is 13.2. The normalized spacial score (nSPS) is 11.1. The first-order valence-electron chi connectivity index (χ1n) is 6.20. The first-order chi connectivity index (χ1) is 9.29. The molecule has 0 aliphatic rings. The minimum atomic E-state index is 0.849. The highest BCUT2D eigenvalue weighted by molar-refractivity contribution is 7.99. The molecular weight excluding hydrogens is 256 g/mol. The second kappa shape index (κ2) is 5.01. The summed E-state index contributed by atoms with van der Waals surface area (Å²) in [7, 11) is 0. The van der Waals surface area contributed by atoms with E-state index in [1.54, 1.807) is 11.8 Å². The van der Waals surface area contributed by atoms with Gasteiger partial charge in [0.1, 0.15) is 5.82 Å². The Bertz CT molecular complexity index is 706. The Morgan fingerprint density at radius 1 is 1.16 bits per heavy atom. The van der Waals surface area contributed by atoms with Gasteiger partial charge in [-0.15, -0.1) is 10.2 Å². The second-order valence-corrected chi connectivity index (χ2v) is 5.39. The van der Waals surface area contributed by atoms with Crippen LogP contribution >= 0.6 is 11.8 Å². The van der Waals surface area contributed by atoms with Crippen molar-refractivity contribution in [3.8, 4) is 11.3 Å². The van der Waals surface area contributed by atoms with E-state index in [0.29, 0.717) is 0 Å². The predicted octanol–water partition coefficient (Wildman–Crippen LogP) is 3.21. The minimum absolute atomic E-state index is 0.849. The molecule has 0 N–H and O–H groups in total. The van der Waals surface area contributed by atoms with Crippen molar-refractivity contribution in [2.75, 3.05) is 5.75 Å². The third kappa shape index (κ3) is 2.21. The number of fused-ring (bicyclic) bond motifs is 1. The van der Waals surface area contributed by atoms with Gasteiger partial charge in [-0.05, 0) is 12.7 Å². The molecule has 4 nitrogen and oxygen atoms in total. The monoisotopic (exact) mass is 270 g/mol. The zero-order valence-corrected chi connectivity index (χ0v) is 11.7. The van der Waals surface area contributed by atoms with E-state index in [1.807, 2.05) is 35.6 Å². The van der Waals surface area contributed by atoms with Crippen molar-refractivity contribution in [3.05, 3.63) is 42.2 Å². The summed E-state index contributed by atoms with van der Waals surface area (Å²) in [4.78, 5) is 4.74. The molecule has 3 rings (SSSR count). The molecule has 0 spiro atoms. The van der Waals surface area contributed by atoms with E-state index in [1.165, 1.54) is 0 Å². The summed E-state index contributed by atoms with van der Waals surface area (Å²) < 4.78 is 2.00. The number of aromatic nitrogens is 4. The smallest absolute Gasteiger partial charge is 0.175 e. The number of hydrogen-bond acceptors (Lipinski definition) is 4. The molecule has 0 aliphatic heterocycles. The third-order valence-electron chi connectivity index (χ3n) is 2.87. The molecule has 5 heteroatoms. The van der Waals surface area contributed by atoms with E-state index >= 15 is 0 Å². The number of hydrogen-bond donors (Lipinski definition) is 0. The van der Waals surface area contributed by atoms with Gasteiger partial charge in [0.15, 0.2) is 10.8 Å². The highest BCUT2D eigenvalue weighted by Gasteiger charge is 2.11. The van der Waals surface area contributed by atoms with Crippen molar-refractivity contribution >= 4 is 17.4 Å². The van der Waals surface area contributed by atoms with Gasteiger partial charge in [-0.25, -0.2) is 4.98 Å². The molecule has 2 heterocycles. The van der Waals surface area contributed by atoms with Crippen molar-refractivity contribution in [3.63, 3.8) is 0 Å². The summed E-state index contributed by atoms with van der Waals surface area (Å²) in [6.07, 6.45) is 0. The van der Waals surface area contributed by atoms with Gasteiger partial charge >= 0.3 is 0 Å². The molecule has 0 atom stereocenters. The highest BCUT2D eigenvalue weighted by Crippen LogP contribution is 2.24. The van der Waals surface area contributed by atoms with Gasteiger partial charge in [0.2, 0.25) is 0 Å². The van der Waals surface area contributed by atoms with Crippen LogP contribution in [-0.2, 0) is 0 Å². The Balaban J connectivity index is 2.22. The van der Waals surface area contributed by atoms with Gasteiger partial charge in [-0.2, -0.15) is 0 Å². The molecular formula is C14H14N4S. The maximum Gasteiger partial charge on any atom is 0.175 e. The zero-order valence-electron chi connectivity index (χ0n) is 10.9. The second-order valence-electron chi connectivity index (χ2n) is 4.16. The molecule has 0 fully saturated rings. The fourth-order valence-corrected chi connectivity index (χ4v) is 2.77. The molecule has 1 aromatic carbocycles. The van der Waals surface area contributed by atoms with Crippen molar-refractivity contribution in [2.45, 2.75) is 19.0 Å². The average Bonchev–Trinajstić information content (AvgIpc) is 2.82. The maximum atomic E-state index is 4.74. The molecule has 0 radical (unpaired) electrons. The number of nitrogens with zero attached hydrogens (tertiary/aromatic N) is 4.